The maximum absolute atomic E-state index is 11.3. The number of thiazole rings is 1. The number of carbonyl (C=O) groups excluding carboxylic acids is 1. The zero-order chi connectivity index (χ0) is 11.3. The van der Waals surface area contributed by atoms with E-state index >= 15 is 0 Å². The fourth-order valence-corrected chi connectivity index (χ4v) is 2.53. The summed E-state index contributed by atoms with van der Waals surface area (Å²) in [4.78, 5) is 15.6. The lowest BCUT2D eigenvalue weighted by Crippen LogP contribution is -2.31. The molecule has 0 fully saturated rings. The summed E-state index contributed by atoms with van der Waals surface area (Å²) in [6.45, 7) is 5.92. The van der Waals surface area contributed by atoms with Crippen molar-refractivity contribution in [3.63, 3.8) is 0 Å². The molecule has 15 heavy (non-hydrogen) atoms. The van der Waals surface area contributed by atoms with E-state index in [1.54, 1.807) is 23.1 Å². The molecule has 1 amide bonds. The van der Waals surface area contributed by atoms with Crippen LogP contribution in [0.2, 0.25) is 0 Å². The monoisotopic (exact) mass is 244 g/mol. The summed E-state index contributed by atoms with van der Waals surface area (Å²) in [5.74, 6) is 1.42. The normalized spacial score (nSPS) is 10.7. The fourth-order valence-electron chi connectivity index (χ4n) is 1.09. The van der Waals surface area contributed by atoms with E-state index in [1.807, 2.05) is 26.2 Å². The Morgan fingerprint density at radius 1 is 1.67 bits per heavy atom. The lowest BCUT2D eigenvalue weighted by molar-refractivity contribution is -0.119. The van der Waals surface area contributed by atoms with Crippen molar-refractivity contribution >= 4 is 29.0 Å². The molecule has 0 saturated carbocycles. The molecule has 0 saturated heterocycles. The number of carbonyl (C=O) groups is 1. The number of aryl methyl sites for hydroxylation is 1. The lowest BCUT2D eigenvalue weighted by Gasteiger charge is -2.07. The maximum atomic E-state index is 11.3. The van der Waals surface area contributed by atoms with Crippen LogP contribution in [0.4, 0.5) is 0 Å². The number of amides is 1. The third kappa shape index (κ3) is 5.18. The number of nitrogens with zero attached hydrogens (tertiary/aromatic N) is 1. The highest BCUT2D eigenvalue weighted by Gasteiger charge is 2.04. The summed E-state index contributed by atoms with van der Waals surface area (Å²) in [6.07, 6.45) is 0. The molecular formula is C10H16N2OS2. The molecule has 0 radical (unpaired) electrons. The van der Waals surface area contributed by atoms with Crippen LogP contribution in [0.15, 0.2) is 5.38 Å². The Balaban J connectivity index is 2.19. The van der Waals surface area contributed by atoms with Gasteiger partial charge in [0.05, 0.1) is 16.5 Å². The van der Waals surface area contributed by atoms with Crippen molar-refractivity contribution < 1.29 is 4.79 Å². The number of thioether (sulfide) groups is 1. The highest BCUT2D eigenvalue weighted by atomic mass is 32.2. The molecule has 0 aromatic carbocycles. The number of hydrogen-bond acceptors (Lipinski definition) is 4. The van der Waals surface area contributed by atoms with Gasteiger partial charge in [-0.1, -0.05) is 0 Å². The van der Waals surface area contributed by atoms with E-state index < -0.39 is 0 Å². The van der Waals surface area contributed by atoms with E-state index in [0.29, 0.717) is 5.75 Å². The largest absolute Gasteiger partial charge is 0.353 e. The first-order chi connectivity index (χ1) is 7.08. The lowest BCUT2D eigenvalue weighted by atomic mass is 10.4. The molecule has 1 rings (SSSR count). The molecular weight excluding hydrogens is 228 g/mol. The van der Waals surface area contributed by atoms with Crippen LogP contribution in [0.25, 0.3) is 0 Å². The second-order valence-corrected chi connectivity index (χ2v) is 5.62. The third-order valence-electron chi connectivity index (χ3n) is 1.60. The Kier molecular flexibility index (Phi) is 5.11. The predicted molar refractivity (Wildman–Crippen MR) is 66.3 cm³/mol. The summed E-state index contributed by atoms with van der Waals surface area (Å²) in [6, 6.07) is 0.222. The van der Waals surface area contributed by atoms with Gasteiger partial charge in [-0.25, -0.2) is 4.98 Å². The average molecular weight is 244 g/mol. The SMILES string of the molecule is Cc1nc(CSCC(=O)NC(C)C)cs1. The Bertz CT molecular complexity index is 323. The first-order valence-corrected chi connectivity index (χ1v) is 6.89. The van der Waals surface area contributed by atoms with Crippen LogP contribution >= 0.6 is 23.1 Å². The van der Waals surface area contributed by atoms with Crippen LogP contribution < -0.4 is 5.32 Å². The van der Waals surface area contributed by atoms with Crippen LogP contribution in [0.1, 0.15) is 24.5 Å². The smallest absolute Gasteiger partial charge is 0.230 e. The molecule has 5 heteroatoms. The number of nitrogens with one attached hydrogen (secondary N) is 1. The number of rotatable bonds is 5. The van der Waals surface area contributed by atoms with E-state index in [4.69, 9.17) is 0 Å². The molecule has 3 nitrogen and oxygen atoms in total. The van der Waals surface area contributed by atoms with E-state index in [2.05, 4.69) is 10.3 Å². The second-order valence-electron chi connectivity index (χ2n) is 3.57. The van der Waals surface area contributed by atoms with E-state index in [0.717, 1.165) is 16.5 Å². The Morgan fingerprint density at radius 3 is 2.93 bits per heavy atom. The molecule has 0 aliphatic carbocycles. The van der Waals surface area contributed by atoms with E-state index in [1.165, 1.54) is 0 Å². The van der Waals surface area contributed by atoms with Crippen molar-refractivity contribution in [2.75, 3.05) is 5.75 Å². The van der Waals surface area contributed by atoms with Gasteiger partial charge in [-0.05, 0) is 20.8 Å². The van der Waals surface area contributed by atoms with Gasteiger partial charge in [0.2, 0.25) is 5.91 Å². The molecule has 0 aliphatic rings. The van der Waals surface area contributed by atoms with E-state index in [9.17, 15) is 4.79 Å². The standard InChI is InChI=1S/C10H16N2OS2/c1-7(2)11-10(13)6-14-4-9-5-15-8(3)12-9/h5,7H,4,6H2,1-3H3,(H,11,13). The Morgan fingerprint density at radius 2 is 2.40 bits per heavy atom. The first-order valence-electron chi connectivity index (χ1n) is 4.86. The minimum atomic E-state index is 0.0990. The second kappa shape index (κ2) is 6.12. The molecule has 0 atom stereocenters. The van der Waals surface area contributed by atoms with Crippen LogP contribution in [0.5, 0.6) is 0 Å². The summed E-state index contributed by atoms with van der Waals surface area (Å²) in [5.41, 5.74) is 1.07. The van der Waals surface area contributed by atoms with Gasteiger partial charge in [0.1, 0.15) is 0 Å². The highest BCUT2D eigenvalue weighted by Crippen LogP contribution is 2.14. The van der Waals surface area contributed by atoms with Crippen molar-refractivity contribution in [2.45, 2.75) is 32.6 Å². The topological polar surface area (TPSA) is 42.0 Å². The van der Waals surface area contributed by atoms with Gasteiger partial charge in [-0.2, -0.15) is 0 Å². The highest BCUT2D eigenvalue weighted by molar-refractivity contribution is 7.99. The molecule has 1 aromatic rings. The Labute approximate surface area is 98.7 Å². The fraction of sp³-hybridized carbons (Fsp3) is 0.600. The third-order valence-corrected chi connectivity index (χ3v) is 3.39. The molecule has 1 N–H and O–H groups in total. The van der Waals surface area contributed by atoms with Crippen molar-refractivity contribution in [1.29, 1.82) is 0 Å². The van der Waals surface area contributed by atoms with Gasteiger partial charge in [0, 0.05) is 17.2 Å². The first kappa shape index (κ1) is 12.5. The Hall–Kier alpha value is -0.550. The summed E-state index contributed by atoms with van der Waals surface area (Å²) in [5, 5.41) is 5.98. The summed E-state index contributed by atoms with van der Waals surface area (Å²) in [7, 11) is 0. The van der Waals surface area contributed by atoms with Crippen LogP contribution in [-0.2, 0) is 10.5 Å². The minimum absolute atomic E-state index is 0.0990. The molecule has 0 aliphatic heterocycles. The van der Waals surface area contributed by atoms with E-state index in [-0.39, 0.29) is 11.9 Å². The van der Waals surface area contributed by atoms with Crippen LogP contribution in [0, 0.1) is 6.92 Å². The average Bonchev–Trinajstić information content (AvgIpc) is 2.50. The summed E-state index contributed by atoms with van der Waals surface area (Å²) < 4.78 is 0. The molecule has 84 valence electrons. The summed E-state index contributed by atoms with van der Waals surface area (Å²) >= 11 is 3.25. The number of aromatic nitrogens is 1. The molecule has 0 unspecified atom stereocenters. The van der Waals surface area contributed by atoms with Gasteiger partial charge in [-0.15, -0.1) is 23.1 Å². The maximum Gasteiger partial charge on any atom is 0.230 e. The van der Waals surface area contributed by atoms with Gasteiger partial charge in [0.15, 0.2) is 0 Å². The van der Waals surface area contributed by atoms with Crippen LogP contribution in [0.3, 0.4) is 0 Å². The molecule has 0 bridgehead atoms. The van der Waals surface area contributed by atoms with Crippen molar-refractivity contribution in [3.8, 4) is 0 Å². The molecule has 0 spiro atoms. The molecule has 1 heterocycles. The number of hydrogen-bond donors (Lipinski definition) is 1. The van der Waals surface area contributed by atoms with Crippen molar-refractivity contribution in [3.05, 3.63) is 16.1 Å². The van der Waals surface area contributed by atoms with Gasteiger partial charge in [-0.3, -0.25) is 4.79 Å². The van der Waals surface area contributed by atoms with Gasteiger partial charge >= 0.3 is 0 Å². The molecule has 1 aromatic heterocycles. The minimum Gasteiger partial charge on any atom is -0.353 e. The van der Waals surface area contributed by atoms with Crippen molar-refractivity contribution in [1.82, 2.24) is 10.3 Å². The van der Waals surface area contributed by atoms with Crippen molar-refractivity contribution in [2.24, 2.45) is 0 Å². The zero-order valence-corrected chi connectivity index (χ0v) is 10.9. The predicted octanol–water partition coefficient (Wildman–Crippen LogP) is 2.21. The quantitative estimate of drug-likeness (QED) is 0.863. The van der Waals surface area contributed by atoms with Crippen LogP contribution in [-0.4, -0.2) is 22.7 Å². The van der Waals surface area contributed by atoms with Gasteiger partial charge < -0.3 is 5.32 Å². The zero-order valence-electron chi connectivity index (χ0n) is 9.24. The van der Waals surface area contributed by atoms with Gasteiger partial charge in [0.25, 0.3) is 0 Å².